The molecule has 0 unspecified atom stereocenters. The quantitative estimate of drug-likeness (QED) is 0.456. The smallest absolute Gasteiger partial charge is 0.115 e. The molecule has 5 heterocycles. The summed E-state index contributed by atoms with van der Waals surface area (Å²) in [7, 11) is 1.86. The van der Waals surface area contributed by atoms with Gasteiger partial charge in [-0.15, -0.1) is 0 Å². The first-order valence-corrected chi connectivity index (χ1v) is 9.74. The standard InChI is InChI=1S/C21H18N10/c1-29-11-15(9-26-29)17-8-18-20(25-6-5-24-18)19(28-17)16-10-27-31(12-16)21(2-3-22)13-30(14-21)7-4-23/h5-6,8-12H,2,7,13-14H2,1H3. The molecule has 152 valence electrons. The SMILES string of the molecule is Cn1cc(-c2cc3nccnc3c(-c3cnn(C4(CC#N)CN(CC#N)C4)c3)n2)cn1. The molecular formula is C21H18N10. The van der Waals surface area contributed by atoms with Crippen molar-refractivity contribution in [3.05, 3.63) is 43.2 Å². The van der Waals surface area contributed by atoms with Gasteiger partial charge in [-0.2, -0.15) is 20.7 Å². The Labute approximate surface area is 178 Å². The van der Waals surface area contributed by atoms with Crippen LogP contribution >= 0.6 is 0 Å². The number of pyridine rings is 1. The van der Waals surface area contributed by atoms with Crippen molar-refractivity contribution in [1.82, 2.24) is 39.4 Å². The predicted molar refractivity (Wildman–Crippen MR) is 111 cm³/mol. The average molecular weight is 410 g/mol. The van der Waals surface area contributed by atoms with Crippen LogP contribution in [0.1, 0.15) is 6.42 Å². The molecule has 0 aliphatic carbocycles. The Balaban J connectivity index is 1.58. The van der Waals surface area contributed by atoms with Crippen molar-refractivity contribution in [2.75, 3.05) is 19.6 Å². The Kier molecular flexibility index (Phi) is 4.42. The van der Waals surface area contributed by atoms with Crippen molar-refractivity contribution in [2.24, 2.45) is 7.05 Å². The van der Waals surface area contributed by atoms with Crippen LogP contribution in [0.5, 0.6) is 0 Å². The minimum absolute atomic E-state index is 0.319. The lowest BCUT2D eigenvalue weighted by molar-refractivity contribution is 0.0157. The summed E-state index contributed by atoms with van der Waals surface area (Å²) in [6.45, 7) is 1.56. The summed E-state index contributed by atoms with van der Waals surface area (Å²) in [4.78, 5) is 15.8. The maximum atomic E-state index is 9.36. The van der Waals surface area contributed by atoms with Crippen LogP contribution in [0.2, 0.25) is 0 Å². The zero-order chi connectivity index (χ0) is 21.4. The molecule has 4 aromatic rings. The van der Waals surface area contributed by atoms with Crippen molar-refractivity contribution in [3.63, 3.8) is 0 Å². The Morgan fingerprint density at radius 1 is 1.03 bits per heavy atom. The summed E-state index contributed by atoms with van der Waals surface area (Å²) in [6.07, 6.45) is 10.9. The number of hydrogen-bond donors (Lipinski definition) is 0. The van der Waals surface area contributed by atoms with Crippen LogP contribution in [0.15, 0.2) is 43.2 Å². The van der Waals surface area contributed by atoms with Gasteiger partial charge < -0.3 is 0 Å². The first kappa shape index (κ1) is 18.9. The van der Waals surface area contributed by atoms with E-state index in [1.807, 2.05) is 35.1 Å². The summed E-state index contributed by atoms with van der Waals surface area (Å²) in [5.41, 5.74) is 4.09. The molecular weight excluding hydrogens is 392 g/mol. The maximum Gasteiger partial charge on any atom is 0.115 e. The third kappa shape index (κ3) is 3.19. The fourth-order valence-electron chi connectivity index (χ4n) is 4.06. The Morgan fingerprint density at radius 3 is 2.58 bits per heavy atom. The van der Waals surface area contributed by atoms with E-state index in [4.69, 9.17) is 10.2 Å². The van der Waals surface area contributed by atoms with E-state index < -0.39 is 5.54 Å². The van der Waals surface area contributed by atoms with Gasteiger partial charge in [-0.05, 0) is 6.07 Å². The zero-order valence-corrected chi connectivity index (χ0v) is 16.8. The van der Waals surface area contributed by atoms with Crippen molar-refractivity contribution in [3.8, 4) is 34.7 Å². The number of hydrogen-bond acceptors (Lipinski definition) is 8. The van der Waals surface area contributed by atoms with E-state index >= 15 is 0 Å². The van der Waals surface area contributed by atoms with E-state index in [1.165, 1.54) is 0 Å². The molecule has 1 aliphatic heterocycles. The van der Waals surface area contributed by atoms with Gasteiger partial charge in [0, 0.05) is 56.1 Å². The summed E-state index contributed by atoms with van der Waals surface area (Å²) in [6, 6.07) is 6.32. The summed E-state index contributed by atoms with van der Waals surface area (Å²) in [5.74, 6) is 0. The van der Waals surface area contributed by atoms with Gasteiger partial charge in [0.1, 0.15) is 16.7 Å². The lowest BCUT2D eigenvalue weighted by Gasteiger charge is -2.48. The van der Waals surface area contributed by atoms with Gasteiger partial charge >= 0.3 is 0 Å². The predicted octanol–water partition coefficient (Wildman–Crippen LogP) is 1.74. The molecule has 5 rings (SSSR count). The Bertz CT molecular complexity index is 1350. The molecule has 1 aliphatic rings. The minimum Gasteiger partial charge on any atom is -0.286 e. The lowest BCUT2D eigenvalue weighted by atomic mass is 9.87. The van der Waals surface area contributed by atoms with Crippen LogP contribution in [0, 0.1) is 22.7 Å². The van der Waals surface area contributed by atoms with Crippen molar-refractivity contribution >= 4 is 11.0 Å². The highest BCUT2D eigenvalue weighted by atomic mass is 15.4. The maximum absolute atomic E-state index is 9.36. The third-order valence-electron chi connectivity index (χ3n) is 5.54. The van der Waals surface area contributed by atoms with Crippen LogP contribution in [-0.2, 0) is 12.6 Å². The van der Waals surface area contributed by atoms with Gasteiger partial charge in [0.25, 0.3) is 0 Å². The molecule has 10 nitrogen and oxygen atoms in total. The summed E-state index contributed by atoms with van der Waals surface area (Å²) < 4.78 is 3.56. The number of aryl methyl sites for hydroxylation is 1. The van der Waals surface area contributed by atoms with E-state index in [0.29, 0.717) is 37.3 Å². The summed E-state index contributed by atoms with van der Waals surface area (Å²) >= 11 is 0. The molecule has 0 bridgehead atoms. The van der Waals surface area contributed by atoms with Gasteiger partial charge in [-0.1, -0.05) is 0 Å². The van der Waals surface area contributed by atoms with Crippen LogP contribution in [-0.4, -0.2) is 59.0 Å². The average Bonchev–Trinajstić information content (AvgIpc) is 3.41. The molecule has 4 aromatic heterocycles. The lowest BCUT2D eigenvalue weighted by Crippen LogP contribution is -2.62. The van der Waals surface area contributed by atoms with E-state index in [2.05, 4.69) is 32.3 Å². The molecule has 10 heteroatoms. The molecule has 0 saturated carbocycles. The first-order valence-electron chi connectivity index (χ1n) is 9.74. The van der Waals surface area contributed by atoms with Crippen molar-refractivity contribution < 1.29 is 0 Å². The highest BCUT2D eigenvalue weighted by Crippen LogP contribution is 2.34. The van der Waals surface area contributed by atoms with Crippen molar-refractivity contribution in [1.29, 1.82) is 10.5 Å². The number of fused-ring (bicyclic) bond motifs is 1. The zero-order valence-electron chi connectivity index (χ0n) is 16.8. The molecule has 0 spiro atoms. The topological polar surface area (TPSA) is 125 Å². The molecule has 1 fully saturated rings. The molecule has 0 aromatic carbocycles. The van der Waals surface area contributed by atoms with Gasteiger partial charge in [-0.25, -0.2) is 4.98 Å². The second-order valence-corrected chi connectivity index (χ2v) is 7.72. The molecule has 0 radical (unpaired) electrons. The normalized spacial score (nSPS) is 15.3. The van der Waals surface area contributed by atoms with E-state index in [-0.39, 0.29) is 0 Å². The van der Waals surface area contributed by atoms with E-state index in [9.17, 15) is 5.26 Å². The van der Waals surface area contributed by atoms with Crippen LogP contribution in [0.3, 0.4) is 0 Å². The fourth-order valence-corrected chi connectivity index (χ4v) is 4.06. The monoisotopic (exact) mass is 410 g/mol. The van der Waals surface area contributed by atoms with Gasteiger partial charge in [-0.3, -0.25) is 24.2 Å². The number of aromatic nitrogens is 7. The molecule has 0 N–H and O–H groups in total. The number of nitrogens with zero attached hydrogens (tertiary/aromatic N) is 10. The number of rotatable bonds is 5. The molecule has 31 heavy (non-hydrogen) atoms. The van der Waals surface area contributed by atoms with Crippen molar-refractivity contribution in [2.45, 2.75) is 12.0 Å². The highest BCUT2D eigenvalue weighted by Gasteiger charge is 2.45. The molecule has 1 saturated heterocycles. The number of likely N-dealkylation sites (tertiary alicyclic amines) is 1. The van der Waals surface area contributed by atoms with Gasteiger partial charge in [0.2, 0.25) is 0 Å². The van der Waals surface area contributed by atoms with Crippen LogP contribution in [0.4, 0.5) is 0 Å². The molecule has 0 amide bonds. The number of nitriles is 2. The summed E-state index contributed by atoms with van der Waals surface area (Å²) in [5, 5.41) is 27.1. The first-order chi connectivity index (χ1) is 15.1. The molecule has 0 atom stereocenters. The second-order valence-electron chi connectivity index (χ2n) is 7.72. The van der Waals surface area contributed by atoms with Gasteiger partial charge in [0.15, 0.2) is 0 Å². The highest BCUT2D eigenvalue weighted by molar-refractivity contribution is 5.91. The Morgan fingerprint density at radius 2 is 1.84 bits per heavy atom. The largest absolute Gasteiger partial charge is 0.286 e. The van der Waals surface area contributed by atoms with E-state index in [1.54, 1.807) is 29.5 Å². The fraction of sp³-hybridized carbons (Fsp3) is 0.286. The van der Waals surface area contributed by atoms with E-state index in [0.717, 1.165) is 22.3 Å². The van der Waals surface area contributed by atoms with Crippen LogP contribution < -0.4 is 0 Å². The van der Waals surface area contributed by atoms with Gasteiger partial charge in [0.05, 0.1) is 48.7 Å². The third-order valence-corrected chi connectivity index (χ3v) is 5.54. The minimum atomic E-state index is -0.438. The van der Waals surface area contributed by atoms with Crippen LogP contribution in [0.25, 0.3) is 33.5 Å². The second kappa shape index (κ2) is 7.27. The Hall–Kier alpha value is -4.15.